The Labute approximate surface area is 154 Å². The standard InChI is InChI=1S/C17H18IN3O3/c1-11-3-5-13(6-4-11)19-10-16(22)21-20-9-12-7-14(18)17(23)15(8-12)24-2/h3-9,19,23H,10H2,1-2H3,(H,21,22). The number of hydrazone groups is 1. The number of carbonyl (C=O) groups is 1. The van der Waals surface area contributed by atoms with Crippen molar-refractivity contribution in [3.8, 4) is 11.5 Å². The SMILES string of the molecule is COc1cc(C=NNC(=O)CNc2ccc(C)cc2)cc(I)c1O. The van der Waals surface area contributed by atoms with Gasteiger partial charge in [0.15, 0.2) is 11.5 Å². The van der Waals surface area contributed by atoms with E-state index in [4.69, 9.17) is 4.74 Å². The molecule has 0 radical (unpaired) electrons. The van der Waals surface area contributed by atoms with Crippen LogP contribution < -0.4 is 15.5 Å². The van der Waals surface area contributed by atoms with Crippen LogP contribution in [0.1, 0.15) is 11.1 Å². The van der Waals surface area contributed by atoms with E-state index >= 15 is 0 Å². The first-order chi connectivity index (χ1) is 11.5. The fourth-order valence-corrected chi connectivity index (χ4v) is 2.52. The van der Waals surface area contributed by atoms with Gasteiger partial charge in [0.1, 0.15) is 0 Å². The molecular weight excluding hydrogens is 421 g/mol. The molecule has 0 aliphatic heterocycles. The van der Waals surface area contributed by atoms with Crippen molar-refractivity contribution in [3.05, 3.63) is 51.1 Å². The second-order valence-corrected chi connectivity index (χ2v) is 6.23. The predicted octanol–water partition coefficient (Wildman–Crippen LogP) is 2.88. The number of halogens is 1. The average molecular weight is 439 g/mol. The topological polar surface area (TPSA) is 83.0 Å². The number of rotatable bonds is 6. The molecule has 0 saturated carbocycles. The van der Waals surface area contributed by atoms with Gasteiger partial charge in [-0.2, -0.15) is 5.10 Å². The van der Waals surface area contributed by atoms with Crippen molar-refractivity contribution >= 4 is 40.4 Å². The summed E-state index contributed by atoms with van der Waals surface area (Å²) in [6, 6.07) is 11.1. The largest absolute Gasteiger partial charge is 0.504 e. The van der Waals surface area contributed by atoms with E-state index in [-0.39, 0.29) is 18.2 Å². The molecule has 0 aliphatic rings. The lowest BCUT2D eigenvalue weighted by Gasteiger charge is -2.07. The second kappa shape index (κ2) is 8.53. The first kappa shape index (κ1) is 18.1. The van der Waals surface area contributed by atoms with Crippen LogP contribution in [0.5, 0.6) is 11.5 Å². The molecule has 0 spiro atoms. The summed E-state index contributed by atoms with van der Waals surface area (Å²) < 4.78 is 5.72. The molecule has 7 heteroatoms. The number of benzene rings is 2. The monoisotopic (exact) mass is 439 g/mol. The van der Waals surface area contributed by atoms with E-state index in [1.54, 1.807) is 12.1 Å². The van der Waals surface area contributed by atoms with Gasteiger partial charge in [-0.05, 0) is 59.3 Å². The number of ether oxygens (including phenoxy) is 1. The van der Waals surface area contributed by atoms with Crippen molar-refractivity contribution < 1.29 is 14.6 Å². The molecular formula is C17H18IN3O3. The van der Waals surface area contributed by atoms with Crippen LogP contribution >= 0.6 is 22.6 Å². The highest BCUT2D eigenvalue weighted by Gasteiger charge is 2.07. The lowest BCUT2D eigenvalue weighted by atomic mass is 10.2. The summed E-state index contributed by atoms with van der Waals surface area (Å²) in [4.78, 5) is 11.8. The maximum atomic E-state index is 11.8. The molecule has 1 amide bonds. The molecule has 126 valence electrons. The lowest BCUT2D eigenvalue weighted by Crippen LogP contribution is -2.25. The highest BCUT2D eigenvalue weighted by Crippen LogP contribution is 2.31. The Morgan fingerprint density at radius 2 is 2.04 bits per heavy atom. The Kier molecular flexibility index (Phi) is 6.42. The van der Waals surface area contributed by atoms with E-state index < -0.39 is 0 Å². The van der Waals surface area contributed by atoms with E-state index in [2.05, 4.69) is 15.8 Å². The van der Waals surface area contributed by atoms with E-state index in [9.17, 15) is 9.90 Å². The van der Waals surface area contributed by atoms with Crippen LogP contribution in [0, 0.1) is 10.5 Å². The van der Waals surface area contributed by atoms with E-state index in [1.165, 1.54) is 13.3 Å². The molecule has 0 unspecified atom stereocenters. The molecule has 2 rings (SSSR count). The van der Waals surface area contributed by atoms with Gasteiger partial charge < -0.3 is 15.2 Å². The Hall–Kier alpha value is -2.29. The van der Waals surface area contributed by atoms with Gasteiger partial charge in [-0.15, -0.1) is 0 Å². The van der Waals surface area contributed by atoms with Crippen molar-refractivity contribution in [1.29, 1.82) is 0 Å². The third kappa shape index (κ3) is 5.12. The summed E-state index contributed by atoms with van der Waals surface area (Å²) in [5.41, 5.74) is 5.19. The van der Waals surface area contributed by atoms with Crippen LogP contribution in [-0.4, -0.2) is 30.9 Å². The molecule has 0 bridgehead atoms. The number of anilines is 1. The Balaban J connectivity index is 1.88. The molecule has 0 fully saturated rings. The highest BCUT2D eigenvalue weighted by molar-refractivity contribution is 14.1. The van der Waals surface area contributed by atoms with Gasteiger partial charge in [0.05, 0.1) is 23.4 Å². The van der Waals surface area contributed by atoms with Gasteiger partial charge in [-0.25, -0.2) is 5.43 Å². The summed E-state index contributed by atoms with van der Waals surface area (Å²) in [5.74, 6) is 0.185. The molecule has 6 nitrogen and oxygen atoms in total. The zero-order valence-electron chi connectivity index (χ0n) is 13.3. The number of aromatic hydroxyl groups is 1. The van der Waals surface area contributed by atoms with Crippen molar-refractivity contribution in [3.63, 3.8) is 0 Å². The number of amides is 1. The number of phenolic OH excluding ortho intramolecular Hbond substituents is 1. The minimum Gasteiger partial charge on any atom is -0.504 e. The number of hydrogen-bond donors (Lipinski definition) is 3. The van der Waals surface area contributed by atoms with Crippen LogP contribution in [-0.2, 0) is 4.79 Å². The van der Waals surface area contributed by atoms with Gasteiger partial charge in [0, 0.05) is 5.69 Å². The predicted molar refractivity (Wildman–Crippen MR) is 103 cm³/mol. The molecule has 0 aliphatic carbocycles. The molecule has 0 aromatic heterocycles. The van der Waals surface area contributed by atoms with Crippen LogP contribution in [0.3, 0.4) is 0 Å². The van der Waals surface area contributed by atoms with Crippen molar-refractivity contribution in [2.24, 2.45) is 5.10 Å². The van der Waals surface area contributed by atoms with Crippen molar-refractivity contribution in [1.82, 2.24) is 5.43 Å². The second-order valence-electron chi connectivity index (χ2n) is 5.07. The van der Waals surface area contributed by atoms with Crippen LogP contribution in [0.15, 0.2) is 41.5 Å². The zero-order chi connectivity index (χ0) is 17.5. The summed E-state index contributed by atoms with van der Waals surface area (Å²) >= 11 is 2.00. The quantitative estimate of drug-likeness (QED) is 0.367. The van der Waals surface area contributed by atoms with Gasteiger partial charge >= 0.3 is 0 Å². The number of nitrogens with one attached hydrogen (secondary N) is 2. The summed E-state index contributed by atoms with van der Waals surface area (Å²) in [6.45, 7) is 2.13. The molecule has 24 heavy (non-hydrogen) atoms. The summed E-state index contributed by atoms with van der Waals surface area (Å²) in [6.07, 6.45) is 1.49. The summed E-state index contributed by atoms with van der Waals surface area (Å²) in [5, 5.41) is 16.7. The minimum absolute atomic E-state index is 0.0848. The number of aryl methyl sites for hydroxylation is 1. The van der Waals surface area contributed by atoms with Crippen LogP contribution in [0.4, 0.5) is 5.69 Å². The van der Waals surface area contributed by atoms with Gasteiger partial charge in [0.2, 0.25) is 0 Å². The van der Waals surface area contributed by atoms with Crippen molar-refractivity contribution in [2.75, 3.05) is 19.0 Å². The van der Waals surface area contributed by atoms with Crippen LogP contribution in [0.25, 0.3) is 0 Å². The van der Waals surface area contributed by atoms with E-state index in [0.29, 0.717) is 14.9 Å². The maximum absolute atomic E-state index is 11.8. The number of carbonyl (C=O) groups excluding carboxylic acids is 1. The Morgan fingerprint density at radius 3 is 2.71 bits per heavy atom. The molecule has 2 aromatic carbocycles. The number of methoxy groups -OCH3 is 1. The smallest absolute Gasteiger partial charge is 0.259 e. The van der Waals surface area contributed by atoms with Gasteiger partial charge in [0.25, 0.3) is 5.91 Å². The maximum Gasteiger partial charge on any atom is 0.259 e. The molecule has 3 N–H and O–H groups in total. The number of hydrogen-bond acceptors (Lipinski definition) is 5. The zero-order valence-corrected chi connectivity index (χ0v) is 15.5. The normalized spacial score (nSPS) is 10.6. The third-order valence-corrected chi connectivity index (χ3v) is 4.00. The molecule has 0 saturated heterocycles. The van der Waals surface area contributed by atoms with Gasteiger partial charge in [-0.3, -0.25) is 4.79 Å². The fraction of sp³-hybridized carbons (Fsp3) is 0.176. The molecule has 2 aromatic rings. The average Bonchev–Trinajstić information content (AvgIpc) is 2.57. The lowest BCUT2D eigenvalue weighted by molar-refractivity contribution is -0.119. The minimum atomic E-state index is -0.257. The third-order valence-electron chi connectivity index (χ3n) is 3.18. The van der Waals surface area contributed by atoms with E-state index in [1.807, 2.05) is 53.8 Å². The molecule has 0 atom stereocenters. The Morgan fingerprint density at radius 1 is 1.33 bits per heavy atom. The van der Waals surface area contributed by atoms with Crippen molar-refractivity contribution in [2.45, 2.75) is 6.92 Å². The highest BCUT2D eigenvalue weighted by atomic mass is 127. The van der Waals surface area contributed by atoms with Crippen LogP contribution in [0.2, 0.25) is 0 Å². The number of nitrogens with zero attached hydrogens (tertiary/aromatic N) is 1. The van der Waals surface area contributed by atoms with Gasteiger partial charge in [-0.1, -0.05) is 17.7 Å². The first-order valence-electron chi connectivity index (χ1n) is 7.18. The van der Waals surface area contributed by atoms with E-state index in [0.717, 1.165) is 11.3 Å². The Bertz CT molecular complexity index is 745. The molecule has 0 heterocycles. The summed E-state index contributed by atoms with van der Waals surface area (Å²) in [7, 11) is 1.48. The first-order valence-corrected chi connectivity index (χ1v) is 8.26. The number of phenols is 1. The fourth-order valence-electron chi connectivity index (χ4n) is 1.90.